The second kappa shape index (κ2) is 8.76. The number of unbranched alkanes of at least 4 members (excludes halogenated alkanes) is 1. The summed E-state index contributed by atoms with van der Waals surface area (Å²) in [4.78, 5) is 9.43. The number of hydrogen-bond acceptors (Lipinski definition) is 5. The first kappa shape index (κ1) is 19.6. The minimum Gasteiger partial charge on any atom is -0.338 e. The molecule has 0 saturated carbocycles. The summed E-state index contributed by atoms with van der Waals surface area (Å²) < 4.78 is 1.81. The molecule has 0 aliphatic carbocycles. The van der Waals surface area contributed by atoms with Crippen LogP contribution in [0.5, 0.6) is 0 Å². The number of nitrogens with one attached hydrogen (secondary N) is 1. The predicted octanol–water partition coefficient (Wildman–Crippen LogP) is 5.66. The molecule has 0 spiro atoms. The first-order chi connectivity index (χ1) is 14.1. The van der Waals surface area contributed by atoms with Gasteiger partial charge in [0.2, 0.25) is 0 Å². The molecule has 0 unspecified atom stereocenters. The van der Waals surface area contributed by atoms with Gasteiger partial charge in [-0.25, -0.2) is 14.6 Å². The molecule has 1 N–H and O–H groups in total. The maximum absolute atomic E-state index is 6.16. The quantitative estimate of drug-likeness (QED) is 0.412. The molecule has 4 aromatic rings. The molecule has 29 heavy (non-hydrogen) atoms. The van der Waals surface area contributed by atoms with Crippen LogP contribution in [0.2, 0.25) is 10.0 Å². The van der Waals surface area contributed by atoms with Crippen molar-refractivity contribution in [2.75, 3.05) is 5.32 Å². The SMILES string of the molecule is CCCCc1nc(Nc2ccc(Cl)c(Cl)c2)c2nnn(Cc3ccccc3)c2n1. The van der Waals surface area contributed by atoms with Crippen molar-refractivity contribution in [3.8, 4) is 0 Å². The van der Waals surface area contributed by atoms with E-state index in [1.165, 1.54) is 0 Å². The minimum atomic E-state index is 0.473. The zero-order chi connectivity index (χ0) is 20.2. The first-order valence-corrected chi connectivity index (χ1v) is 10.3. The van der Waals surface area contributed by atoms with Gasteiger partial charge in [0, 0.05) is 12.1 Å². The normalized spacial score (nSPS) is 11.1. The fraction of sp³-hybridized carbons (Fsp3) is 0.238. The highest BCUT2D eigenvalue weighted by Gasteiger charge is 2.15. The second-order valence-corrected chi connectivity index (χ2v) is 7.57. The topological polar surface area (TPSA) is 68.5 Å². The molecule has 8 heteroatoms. The fourth-order valence-electron chi connectivity index (χ4n) is 3.01. The van der Waals surface area contributed by atoms with E-state index in [0.29, 0.717) is 33.6 Å². The number of aryl methyl sites for hydroxylation is 1. The van der Waals surface area contributed by atoms with E-state index in [2.05, 4.69) is 34.7 Å². The summed E-state index contributed by atoms with van der Waals surface area (Å²) in [6.07, 6.45) is 2.87. The summed E-state index contributed by atoms with van der Waals surface area (Å²) in [5, 5.41) is 12.9. The molecule has 0 aliphatic rings. The van der Waals surface area contributed by atoms with E-state index in [-0.39, 0.29) is 0 Å². The number of nitrogens with zero attached hydrogens (tertiary/aromatic N) is 5. The Balaban J connectivity index is 1.74. The maximum Gasteiger partial charge on any atom is 0.184 e. The van der Waals surface area contributed by atoms with Gasteiger partial charge in [-0.1, -0.05) is 72.1 Å². The number of aromatic nitrogens is 5. The standard InChI is InChI=1S/C21H20Cl2N6/c1-2-3-9-18-25-20(24-15-10-11-16(22)17(23)12-15)19-21(26-18)29(28-27-19)13-14-7-5-4-6-8-14/h4-8,10-12H,2-3,9,13H2,1H3,(H,24,25,26). The predicted molar refractivity (Wildman–Crippen MR) is 117 cm³/mol. The second-order valence-electron chi connectivity index (χ2n) is 6.75. The molecule has 148 valence electrons. The third-order valence-electron chi connectivity index (χ3n) is 4.52. The summed E-state index contributed by atoms with van der Waals surface area (Å²) >= 11 is 12.2. The summed E-state index contributed by atoms with van der Waals surface area (Å²) in [7, 11) is 0. The van der Waals surface area contributed by atoms with Crippen LogP contribution in [-0.2, 0) is 13.0 Å². The van der Waals surface area contributed by atoms with E-state index in [4.69, 9.17) is 33.2 Å². The zero-order valence-corrected chi connectivity index (χ0v) is 17.5. The van der Waals surface area contributed by atoms with Crippen LogP contribution >= 0.6 is 23.2 Å². The number of hydrogen-bond donors (Lipinski definition) is 1. The van der Waals surface area contributed by atoms with Crippen molar-refractivity contribution in [3.05, 3.63) is 70.0 Å². The molecule has 2 aromatic carbocycles. The van der Waals surface area contributed by atoms with E-state index in [0.717, 1.165) is 36.3 Å². The summed E-state index contributed by atoms with van der Waals surface area (Å²) in [6, 6.07) is 15.5. The van der Waals surface area contributed by atoms with E-state index in [9.17, 15) is 0 Å². The van der Waals surface area contributed by atoms with Crippen molar-refractivity contribution in [2.24, 2.45) is 0 Å². The number of halogens is 2. The van der Waals surface area contributed by atoms with Crippen molar-refractivity contribution in [1.29, 1.82) is 0 Å². The molecular formula is C21H20Cl2N6. The molecule has 0 atom stereocenters. The lowest BCUT2D eigenvalue weighted by molar-refractivity contribution is 0.661. The molecule has 6 nitrogen and oxygen atoms in total. The number of anilines is 2. The molecule has 4 rings (SSSR count). The Morgan fingerprint density at radius 2 is 1.83 bits per heavy atom. The van der Waals surface area contributed by atoms with Gasteiger partial charge in [0.15, 0.2) is 17.0 Å². The Hall–Kier alpha value is -2.70. The van der Waals surface area contributed by atoms with Crippen LogP contribution in [0.25, 0.3) is 11.2 Å². The van der Waals surface area contributed by atoms with Gasteiger partial charge in [0.25, 0.3) is 0 Å². The van der Waals surface area contributed by atoms with E-state index < -0.39 is 0 Å². The minimum absolute atomic E-state index is 0.473. The van der Waals surface area contributed by atoms with Gasteiger partial charge in [-0.05, 0) is 30.2 Å². The molecular weight excluding hydrogens is 407 g/mol. The highest BCUT2D eigenvalue weighted by molar-refractivity contribution is 6.42. The Bertz CT molecular complexity index is 1130. The van der Waals surface area contributed by atoms with Gasteiger partial charge < -0.3 is 5.32 Å². The molecule has 0 bridgehead atoms. The third kappa shape index (κ3) is 4.49. The zero-order valence-electron chi connectivity index (χ0n) is 15.9. The van der Waals surface area contributed by atoms with Crippen LogP contribution in [0, 0.1) is 0 Å². The Kier molecular flexibility index (Phi) is 5.92. The molecule has 0 aliphatic heterocycles. The van der Waals surface area contributed by atoms with Crippen molar-refractivity contribution in [1.82, 2.24) is 25.0 Å². The van der Waals surface area contributed by atoms with Crippen LogP contribution < -0.4 is 5.32 Å². The average Bonchev–Trinajstić information content (AvgIpc) is 3.13. The van der Waals surface area contributed by atoms with Crippen LogP contribution in [0.1, 0.15) is 31.2 Å². The molecule has 0 amide bonds. The van der Waals surface area contributed by atoms with Gasteiger partial charge in [0.05, 0.1) is 16.6 Å². The maximum atomic E-state index is 6.16. The van der Waals surface area contributed by atoms with Crippen molar-refractivity contribution in [2.45, 2.75) is 32.7 Å². The fourth-order valence-corrected chi connectivity index (χ4v) is 3.31. The van der Waals surface area contributed by atoms with Gasteiger partial charge in [-0.2, -0.15) is 0 Å². The van der Waals surface area contributed by atoms with E-state index >= 15 is 0 Å². The molecule has 0 radical (unpaired) electrons. The molecule has 2 aromatic heterocycles. The van der Waals surface area contributed by atoms with Gasteiger partial charge in [0.1, 0.15) is 5.82 Å². The van der Waals surface area contributed by atoms with Gasteiger partial charge >= 0.3 is 0 Å². The van der Waals surface area contributed by atoms with Crippen LogP contribution in [-0.4, -0.2) is 25.0 Å². The smallest absolute Gasteiger partial charge is 0.184 e. The Labute approximate surface area is 178 Å². The first-order valence-electron chi connectivity index (χ1n) is 9.50. The number of benzene rings is 2. The number of rotatable bonds is 7. The lowest BCUT2D eigenvalue weighted by atomic mass is 10.2. The van der Waals surface area contributed by atoms with Gasteiger partial charge in [-0.15, -0.1) is 5.10 Å². The average molecular weight is 427 g/mol. The third-order valence-corrected chi connectivity index (χ3v) is 5.26. The summed E-state index contributed by atoms with van der Waals surface area (Å²) in [5.74, 6) is 1.37. The van der Waals surface area contributed by atoms with Crippen LogP contribution in [0.3, 0.4) is 0 Å². The largest absolute Gasteiger partial charge is 0.338 e. The Morgan fingerprint density at radius 1 is 1.00 bits per heavy atom. The van der Waals surface area contributed by atoms with Crippen molar-refractivity contribution >= 4 is 45.9 Å². The lowest BCUT2D eigenvalue weighted by Crippen LogP contribution is -2.06. The lowest BCUT2D eigenvalue weighted by Gasteiger charge is -2.09. The summed E-state index contributed by atoms with van der Waals surface area (Å²) in [5.41, 5.74) is 3.23. The highest BCUT2D eigenvalue weighted by Crippen LogP contribution is 2.28. The molecule has 0 saturated heterocycles. The van der Waals surface area contributed by atoms with Crippen LogP contribution in [0.15, 0.2) is 48.5 Å². The molecule has 2 heterocycles. The van der Waals surface area contributed by atoms with Gasteiger partial charge in [-0.3, -0.25) is 0 Å². The van der Waals surface area contributed by atoms with Crippen molar-refractivity contribution in [3.63, 3.8) is 0 Å². The molecule has 0 fully saturated rings. The summed E-state index contributed by atoms with van der Waals surface area (Å²) in [6.45, 7) is 2.74. The Morgan fingerprint density at radius 3 is 2.59 bits per heavy atom. The monoisotopic (exact) mass is 426 g/mol. The van der Waals surface area contributed by atoms with Crippen LogP contribution in [0.4, 0.5) is 11.5 Å². The number of fused-ring (bicyclic) bond motifs is 1. The highest BCUT2D eigenvalue weighted by atomic mass is 35.5. The van der Waals surface area contributed by atoms with E-state index in [1.54, 1.807) is 12.1 Å². The van der Waals surface area contributed by atoms with Crippen molar-refractivity contribution < 1.29 is 0 Å². The van der Waals surface area contributed by atoms with E-state index in [1.807, 2.05) is 28.9 Å².